The quantitative estimate of drug-likeness (QED) is 0.701. The Kier molecular flexibility index (Phi) is 7.20. The molecule has 0 heterocycles. The molecule has 0 aliphatic rings. The standard InChI is InChI=1S/C13H30N2/c1-7-8-10-15(6)11-9-14-12(2)13(3,4)5/h12,14H,7-11H2,1-6H3. The number of likely N-dealkylation sites (N-methyl/N-ethyl adjacent to an activating group) is 1. The van der Waals surface area contributed by atoms with Gasteiger partial charge in [0.1, 0.15) is 0 Å². The third kappa shape index (κ3) is 7.80. The van der Waals surface area contributed by atoms with Crippen LogP contribution in [0.5, 0.6) is 0 Å². The smallest absolute Gasteiger partial charge is 0.0104 e. The minimum absolute atomic E-state index is 0.363. The maximum atomic E-state index is 3.59. The van der Waals surface area contributed by atoms with Crippen molar-refractivity contribution in [1.82, 2.24) is 10.2 Å². The fraction of sp³-hybridized carbons (Fsp3) is 1.00. The van der Waals surface area contributed by atoms with Gasteiger partial charge in [-0.15, -0.1) is 0 Å². The summed E-state index contributed by atoms with van der Waals surface area (Å²) in [5, 5.41) is 3.59. The summed E-state index contributed by atoms with van der Waals surface area (Å²) in [7, 11) is 2.21. The molecule has 15 heavy (non-hydrogen) atoms. The van der Waals surface area contributed by atoms with Crippen molar-refractivity contribution in [1.29, 1.82) is 0 Å². The van der Waals surface area contributed by atoms with Crippen LogP contribution in [0.1, 0.15) is 47.5 Å². The molecule has 0 spiro atoms. The molecule has 0 aliphatic carbocycles. The van der Waals surface area contributed by atoms with E-state index in [1.165, 1.54) is 19.4 Å². The molecule has 92 valence electrons. The Bertz CT molecular complexity index is 149. The zero-order valence-corrected chi connectivity index (χ0v) is 11.6. The normalized spacial score (nSPS) is 14.6. The van der Waals surface area contributed by atoms with Crippen molar-refractivity contribution in [3.05, 3.63) is 0 Å². The van der Waals surface area contributed by atoms with E-state index in [-0.39, 0.29) is 0 Å². The highest BCUT2D eigenvalue weighted by molar-refractivity contribution is 4.76. The van der Waals surface area contributed by atoms with Crippen molar-refractivity contribution in [3.8, 4) is 0 Å². The minimum atomic E-state index is 0.363. The van der Waals surface area contributed by atoms with Crippen LogP contribution in [0.2, 0.25) is 0 Å². The molecule has 0 amide bonds. The molecular formula is C13H30N2. The van der Waals surface area contributed by atoms with Gasteiger partial charge in [0, 0.05) is 19.1 Å². The molecule has 1 N–H and O–H groups in total. The molecule has 2 heteroatoms. The zero-order chi connectivity index (χ0) is 11.9. The van der Waals surface area contributed by atoms with E-state index in [1.807, 2.05) is 0 Å². The zero-order valence-electron chi connectivity index (χ0n) is 11.6. The highest BCUT2D eigenvalue weighted by Gasteiger charge is 2.18. The average molecular weight is 214 g/mol. The molecule has 0 radical (unpaired) electrons. The molecule has 0 rings (SSSR count). The lowest BCUT2D eigenvalue weighted by Gasteiger charge is -2.29. The van der Waals surface area contributed by atoms with E-state index in [0.717, 1.165) is 13.1 Å². The third-order valence-corrected chi connectivity index (χ3v) is 3.14. The van der Waals surface area contributed by atoms with E-state index in [0.29, 0.717) is 11.5 Å². The summed E-state index contributed by atoms with van der Waals surface area (Å²) in [5.41, 5.74) is 0.363. The third-order valence-electron chi connectivity index (χ3n) is 3.14. The van der Waals surface area contributed by atoms with Gasteiger partial charge in [0.15, 0.2) is 0 Å². The van der Waals surface area contributed by atoms with Gasteiger partial charge in [0.05, 0.1) is 0 Å². The van der Waals surface area contributed by atoms with Crippen molar-refractivity contribution < 1.29 is 0 Å². The second-order valence-electron chi connectivity index (χ2n) is 5.70. The van der Waals surface area contributed by atoms with E-state index < -0.39 is 0 Å². The summed E-state index contributed by atoms with van der Waals surface area (Å²) in [6, 6.07) is 0.581. The SMILES string of the molecule is CCCCN(C)CCNC(C)C(C)(C)C. The molecule has 2 nitrogen and oxygen atoms in total. The molecule has 0 saturated carbocycles. The van der Waals surface area contributed by atoms with Crippen LogP contribution < -0.4 is 5.32 Å². The summed E-state index contributed by atoms with van der Waals surface area (Å²) in [5.74, 6) is 0. The van der Waals surface area contributed by atoms with Crippen LogP contribution in [-0.4, -0.2) is 37.6 Å². The molecule has 0 aromatic heterocycles. The average Bonchev–Trinajstić information content (AvgIpc) is 2.13. The first-order valence-corrected chi connectivity index (χ1v) is 6.30. The van der Waals surface area contributed by atoms with Crippen molar-refractivity contribution in [2.45, 2.75) is 53.5 Å². The van der Waals surface area contributed by atoms with E-state index in [4.69, 9.17) is 0 Å². The van der Waals surface area contributed by atoms with Crippen molar-refractivity contribution in [3.63, 3.8) is 0 Å². The summed E-state index contributed by atoms with van der Waals surface area (Å²) in [6.45, 7) is 14.8. The van der Waals surface area contributed by atoms with E-state index in [2.05, 4.69) is 51.9 Å². The van der Waals surface area contributed by atoms with Gasteiger partial charge in [-0.25, -0.2) is 0 Å². The molecule has 1 unspecified atom stereocenters. The Morgan fingerprint density at radius 2 is 1.80 bits per heavy atom. The van der Waals surface area contributed by atoms with Crippen LogP contribution >= 0.6 is 0 Å². The second kappa shape index (κ2) is 7.24. The van der Waals surface area contributed by atoms with Crippen molar-refractivity contribution in [2.75, 3.05) is 26.7 Å². The van der Waals surface area contributed by atoms with Crippen LogP contribution in [0.25, 0.3) is 0 Å². The Labute approximate surface area is 96.4 Å². The summed E-state index contributed by atoms with van der Waals surface area (Å²) >= 11 is 0. The van der Waals surface area contributed by atoms with Crippen molar-refractivity contribution >= 4 is 0 Å². The monoisotopic (exact) mass is 214 g/mol. The number of rotatable bonds is 7. The molecular weight excluding hydrogens is 184 g/mol. The summed E-state index contributed by atoms with van der Waals surface area (Å²) in [4.78, 5) is 2.41. The molecule has 1 atom stereocenters. The lowest BCUT2D eigenvalue weighted by molar-refractivity contribution is 0.263. The number of hydrogen-bond donors (Lipinski definition) is 1. The maximum absolute atomic E-state index is 3.59. The predicted octanol–water partition coefficient (Wildman–Crippen LogP) is 2.74. The molecule has 0 fully saturated rings. The molecule has 0 aromatic carbocycles. The molecule has 0 saturated heterocycles. The fourth-order valence-electron chi connectivity index (χ4n) is 1.32. The van der Waals surface area contributed by atoms with Gasteiger partial charge in [-0.1, -0.05) is 34.1 Å². The molecule has 0 aromatic rings. The fourth-order valence-corrected chi connectivity index (χ4v) is 1.32. The van der Waals surface area contributed by atoms with Gasteiger partial charge >= 0.3 is 0 Å². The van der Waals surface area contributed by atoms with E-state index in [9.17, 15) is 0 Å². The molecule has 0 bridgehead atoms. The first-order chi connectivity index (χ1) is 6.88. The van der Waals surface area contributed by atoms with E-state index in [1.54, 1.807) is 0 Å². The predicted molar refractivity (Wildman–Crippen MR) is 69.3 cm³/mol. The first kappa shape index (κ1) is 14.9. The Morgan fingerprint density at radius 3 is 2.27 bits per heavy atom. The highest BCUT2D eigenvalue weighted by Crippen LogP contribution is 2.17. The lowest BCUT2D eigenvalue weighted by atomic mass is 9.88. The van der Waals surface area contributed by atoms with Gasteiger partial charge in [-0.2, -0.15) is 0 Å². The largest absolute Gasteiger partial charge is 0.312 e. The number of hydrogen-bond acceptors (Lipinski definition) is 2. The second-order valence-corrected chi connectivity index (χ2v) is 5.70. The van der Waals surface area contributed by atoms with Crippen LogP contribution in [-0.2, 0) is 0 Å². The Morgan fingerprint density at radius 1 is 1.20 bits per heavy atom. The summed E-state index contributed by atoms with van der Waals surface area (Å²) in [6.07, 6.45) is 2.60. The van der Waals surface area contributed by atoms with Crippen LogP contribution in [0.3, 0.4) is 0 Å². The summed E-state index contributed by atoms with van der Waals surface area (Å²) < 4.78 is 0. The van der Waals surface area contributed by atoms with Gasteiger partial charge in [-0.3, -0.25) is 0 Å². The minimum Gasteiger partial charge on any atom is -0.312 e. The topological polar surface area (TPSA) is 15.3 Å². The van der Waals surface area contributed by atoms with Gasteiger partial charge in [0.2, 0.25) is 0 Å². The maximum Gasteiger partial charge on any atom is 0.0104 e. The highest BCUT2D eigenvalue weighted by atomic mass is 15.1. The van der Waals surface area contributed by atoms with Crippen LogP contribution in [0, 0.1) is 5.41 Å². The number of nitrogens with zero attached hydrogens (tertiary/aromatic N) is 1. The van der Waals surface area contributed by atoms with Crippen LogP contribution in [0.4, 0.5) is 0 Å². The van der Waals surface area contributed by atoms with Gasteiger partial charge in [0.25, 0.3) is 0 Å². The Balaban J connectivity index is 3.52. The lowest BCUT2D eigenvalue weighted by Crippen LogP contribution is -2.41. The van der Waals surface area contributed by atoms with E-state index >= 15 is 0 Å². The van der Waals surface area contributed by atoms with Crippen molar-refractivity contribution in [2.24, 2.45) is 5.41 Å². The van der Waals surface area contributed by atoms with Gasteiger partial charge < -0.3 is 10.2 Å². The first-order valence-electron chi connectivity index (χ1n) is 6.30. The van der Waals surface area contributed by atoms with Gasteiger partial charge in [-0.05, 0) is 32.4 Å². The number of nitrogens with one attached hydrogen (secondary N) is 1. The van der Waals surface area contributed by atoms with Crippen LogP contribution in [0.15, 0.2) is 0 Å². The Hall–Kier alpha value is -0.0800. The number of unbranched alkanes of at least 4 members (excludes halogenated alkanes) is 1. The molecule has 0 aliphatic heterocycles.